The number of amides is 4. The molecule has 1 aromatic rings. The highest BCUT2D eigenvalue weighted by Gasteiger charge is 2.36. The van der Waals surface area contributed by atoms with Crippen molar-refractivity contribution in [3.63, 3.8) is 0 Å². The zero-order chi connectivity index (χ0) is 27.3. The largest absolute Gasteiger partial charge is 0.444 e. The fourth-order valence-corrected chi connectivity index (χ4v) is 3.56. The average Bonchev–Trinajstić information content (AvgIpc) is 2.77. The van der Waals surface area contributed by atoms with Gasteiger partial charge in [0, 0.05) is 13.0 Å². The lowest BCUT2D eigenvalue weighted by molar-refractivity contribution is -0.142. The third-order valence-electron chi connectivity index (χ3n) is 5.19. The minimum absolute atomic E-state index is 0.117. The summed E-state index contributed by atoms with van der Waals surface area (Å²) in [5.74, 6) is -1.79. The smallest absolute Gasteiger partial charge is 0.408 e. The van der Waals surface area contributed by atoms with Gasteiger partial charge in [0.25, 0.3) is 0 Å². The van der Waals surface area contributed by atoms with Gasteiger partial charge in [-0.25, -0.2) is 4.79 Å². The molecule has 0 aliphatic carbocycles. The first-order valence-corrected chi connectivity index (χ1v) is 12.2. The summed E-state index contributed by atoms with van der Waals surface area (Å²) in [6.07, 6.45) is 1.52. The first kappa shape index (κ1) is 30.4. The molecule has 4 N–H and O–H groups in total. The third kappa shape index (κ3) is 10.8. The monoisotopic (exact) mass is 501 g/mol. The average molecular weight is 502 g/mol. The van der Waals surface area contributed by atoms with Gasteiger partial charge in [0.1, 0.15) is 24.2 Å². The zero-order valence-corrected chi connectivity index (χ0v) is 21.9. The second kappa shape index (κ2) is 14.7. The Labute approximate surface area is 213 Å². The van der Waals surface area contributed by atoms with Gasteiger partial charge < -0.3 is 26.0 Å². The lowest BCUT2D eigenvalue weighted by Crippen LogP contribution is -2.53. The van der Waals surface area contributed by atoms with E-state index in [1.807, 2.05) is 19.1 Å². The second-order valence-electron chi connectivity index (χ2n) is 9.64. The van der Waals surface area contributed by atoms with Crippen molar-refractivity contribution in [1.82, 2.24) is 15.5 Å². The predicted octanol–water partition coefficient (Wildman–Crippen LogP) is 2.85. The highest BCUT2D eigenvalue weighted by molar-refractivity contribution is 5.92. The molecular formula is C26H39N5O5. The highest BCUT2D eigenvalue weighted by Crippen LogP contribution is 2.24. The number of unbranched alkanes of at least 4 members (excludes halogenated alkanes) is 2. The van der Waals surface area contributed by atoms with Gasteiger partial charge >= 0.3 is 6.09 Å². The van der Waals surface area contributed by atoms with E-state index in [0.717, 1.165) is 29.7 Å². The molecule has 1 rings (SSSR count). The molecule has 0 saturated heterocycles. The van der Waals surface area contributed by atoms with Crippen LogP contribution < -0.4 is 16.4 Å². The molecule has 0 aliphatic rings. The summed E-state index contributed by atoms with van der Waals surface area (Å²) < 4.78 is 5.27. The number of alkyl carbamates (subject to hydrolysis) is 1. The molecule has 10 heteroatoms. The maximum atomic E-state index is 13.7. The molecule has 4 amide bonds. The van der Waals surface area contributed by atoms with E-state index in [1.165, 1.54) is 0 Å². The minimum Gasteiger partial charge on any atom is -0.444 e. The summed E-state index contributed by atoms with van der Waals surface area (Å²) in [6.45, 7) is 8.93. The first-order valence-electron chi connectivity index (χ1n) is 12.2. The number of hydrogen-bond acceptors (Lipinski definition) is 6. The van der Waals surface area contributed by atoms with Crippen molar-refractivity contribution in [2.75, 3.05) is 13.1 Å². The Kier molecular flexibility index (Phi) is 12.4. The molecule has 0 aromatic heterocycles. The Morgan fingerprint density at radius 2 is 1.89 bits per heavy atom. The molecule has 1 aromatic carbocycles. The van der Waals surface area contributed by atoms with E-state index < -0.39 is 48.0 Å². The van der Waals surface area contributed by atoms with Crippen molar-refractivity contribution in [3.8, 4) is 6.07 Å². The van der Waals surface area contributed by atoms with Gasteiger partial charge in [-0.05, 0) is 46.1 Å². The van der Waals surface area contributed by atoms with Crippen LogP contribution in [0.3, 0.4) is 0 Å². The van der Waals surface area contributed by atoms with E-state index >= 15 is 0 Å². The molecule has 0 radical (unpaired) electrons. The van der Waals surface area contributed by atoms with E-state index in [9.17, 15) is 24.4 Å². The number of aryl methyl sites for hydroxylation is 1. The van der Waals surface area contributed by atoms with Gasteiger partial charge in [-0.15, -0.1) is 0 Å². The summed E-state index contributed by atoms with van der Waals surface area (Å²) in [6, 6.07) is 6.70. The Hall–Kier alpha value is -3.61. The van der Waals surface area contributed by atoms with Crippen LogP contribution in [0.25, 0.3) is 0 Å². The van der Waals surface area contributed by atoms with E-state index in [2.05, 4.69) is 17.6 Å². The number of carbonyl (C=O) groups excluding carboxylic acids is 4. The number of nitrogens with one attached hydrogen (secondary N) is 2. The summed E-state index contributed by atoms with van der Waals surface area (Å²) in [4.78, 5) is 52.1. The van der Waals surface area contributed by atoms with Crippen LogP contribution in [0.5, 0.6) is 0 Å². The second-order valence-corrected chi connectivity index (χ2v) is 9.64. The Morgan fingerprint density at radius 1 is 1.19 bits per heavy atom. The van der Waals surface area contributed by atoms with Gasteiger partial charge in [0.15, 0.2) is 0 Å². The highest BCUT2D eigenvalue weighted by atomic mass is 16.6. The van der Waals surface area contributed by atoms with Crippen LogP contribution >= 0.6 is 0 Å². The number of hydrogen-bond donors (Lipinski definition) is 3. The van der Waals surface area contributed by atoms with Crippen molar-refractivity contribution >= 4 is 23.8 Å². The lowest BCUT2D eigenvalue weighted by atomic mass is 10.00. The Bertz CT molecular complexity index is 951. The fourth-order valence-electron chi connectivity index (χ4n) is 3.56. The molecule has 36 heavy (non-hydrogen) atoms. The molecule has 198 valence electrons. The number of carbonyl (C=O) groups is 4. The molecule has 0 fully saturated rings. The molecule has 10 nitrogen and oxygen atoms in total. The number of nitriles is 1. The number of ether oxygens (including phenoxy) is 1. The van der Waals surface area contributed by atoms with Crippen LogP contribution in [-0.4, -0.2) is 53.4 Å². The van der Waals surface area contributed by atoms with Crippen LogP contribution in [0.4, 0.5) is 4.79 Å². The van der Waals surface area contributed by atoms with Gasteiger partial charge in [0.05, 0.1) is 6.07 Å². The Balaban J connectivity index is 3.37. The van der Waals surface area contributed by atoms with Gasteiger partial charge in [-0.1, -0.05) is 49.6 Å². The molecular weight excluding hydrogens is 462 g/mol. The van der Waals surface area contributed by atoms with Crippen LogP contribution in [0.15, 0.2) is 24.3 Å². The predicted molar refractivity (Wildman–Crippen MR) is 135 cm³/mol. The maximum Gasteiger partial charge on any atom is 0.408 e. The van der Waals surface area contributed by atoms with Gasteiger partial charge in [0.2, 0.25) is 17.7 Å². The molecule has 2 unspecified atom stereocenters. The molecule has 0 spiro atoms. The molecule has 0 saturated carbocycles. The van der Waals surface area contributed by atoms with Crippen molar-refractivity contribution in [1.29, 1.82) is 5.26 Å². The van der Waals surface area contributed by atoms with Gasteiger partial charge in [-0.2, -0.15) is 5.26 Å². The summed E-state index contributed by atoms with van der Waals surface area (Å²) in [5, 5.41) is 14.9. The molecule has 0 bridgehead atoms. The van der Waals surface area contributed by atoms with Crippen molar-refractivity contribution in [2.45, 2.75) is 84.4 Å². The summed E-state index contributed by atoms with van der Waals surface area (Å²) in [7, 11) is 0. The Morgan fingerprint density at radius 3 is 2.44 bits per heavy atom. The van der Waals surface area contributed by atoms with E-state index in [-0.39, 0.29) is 12.8 Å². The number of rotatable bonds is 13. The lowest BCUT2D eigenvalue weighted by Gasteiger charge is -2.33. The quantitative estimate of drug-likeness (QED) is 0.279. The number of nitrogens with two attached hydrogens (primary N) is 1. The minimum atomic E-state index is -1.24. The third-order valence-corrected chi connectivity index (χ3v) is 5.19. The van der Waals surface area contributed by atoms with Crippen molar-refractivity contribution in [3.05, 3.63) is 35.4 Å². The maximum absolute atomic E-state index is 13.7. The zero-order valence-electron chi connectivity index (χ0n) is 21.9. The van der Waals surface area contributed by atoms with Crippen molar-refractivity contribution in [2.24, 2.45) is 5.73 Å². The van der Waals surface area contributed by atoms with Crippen LogP contribution in [0.2, 0.25) is 0 Å². The summed E-state index contributed by atoms with van der Waals surface area (Å²) in [5.41, 5.74) is 5.85. The number of primary amides is 1. The van der Waals surface area contributed by atoms with Crippen LogP contribution in [-0.2, 0) is 19.1 Å². The fraction of sp³-hybridized carbons (Fsp3) is 0.577. The van der Waals surface area contributed by atoms with Crippen LogP contribution in [0, 0.1) is 18.3 Å². The number of nitrogens with zero attached hydrogens (tertiary/aromatic N) is 2. The number of benzene rings is 1. The summed E-state index contributed by atoms with van der Waals surface area (Å²) >= 11 is 0. The topological polar surface area (TPSA) is 155 Å². The SMILES string of the molecule is CCCCCNC(=O)C(c1cccc(C)c1)N(CC#N)C(=O)C(CCC(N)=O)NC(=O)OC(C)(C)C. The van der Waals surface area contributed by atoms with Crippen LogP contribution in [0.1, 0.15) is 77.0 Å². The van der Waals surface area contributed by atoms with E-state index in [0.29, 0.717) is 12.1 Å². The molecule has 0 heterocycles. The van der Waals surface area contributed by atoms with E-state index in [4.69, 9.17) is 10.5 Å². The van der Waals surface area contributed by atoms with Gasteiger partial charge in [-0.3, -0.25) is 14.4 Å². The van der Waals surface area contributed by atoms with Crippen molar-refractivity contribution < 1.29 is 23.9 Å². The standard InChI is InChI=1S/C26H39N5O5/c1-6-7-8-15-29-23(33)22(19-11-9-10-18(2)17-19)31(16-14-27)24(34)20(12-13-21(28)32)30-25(35)36-26(3,4)5/h9-11,17,20,22H,6-8,12-13,15-16H2,1-5H3,(H2,28,32)(H,29,33)(H,30,35). The van der Waals surface area contributed by atoms with E-state index in [1.54, 1.807) is 39.0 Å². The first-order chi connectivity index (χ1) is 16.9. The normalized spacial score (nSPS) is 12.6. The molecule has 2 atom stereocenters. The molecule has 0 aliphatic heterocycles.